The van der Waals surface area contributed by atoms with E-state index >= 15 is 0 Å². The molecule has 1 N–H and O–H groups in total. The first-order chi connectivity index (χ1) is 8.76. The zero-order chi connectivity index (χ0) is 13.0. The van der Waals surface area contributed by atoms with E-state index in [0.29, 0.717) is 6.04 Å². The maximum absolute atomic E-state index is 4.59. The zero-order valence-corrected chi connectivity index (χ0v) is 11.6. The molecule has 2 rings (SSSR count). The number of hydrogen-bond donors (Lipinski definition) is 1. The van der Waals surface area contributed by atoms with E-state index in [1.165, 1.54) is 18.4 Å². The molecule has 0 aliphatic heterocycles. The van der Waals surface area contributed by atoms with E-state index in [1.807, 2.05) is 6.07 Å². The Balaban J connectivity index is 2.05. The first kappa shape index (κ1) is 13.1. The topological polar surface area (TPSA) is 29.9 Å². The smallest absolute Gasteiger partial charge is 0.106 e. The summed E-state index contributed by atoms with van der Waals surface area (Å²) in [6.45, 7) is 8.55. The molecule has 1 aromatic carbocycles. The second-order valence-electron chi connectivity index (χ2n) is 4.77. The van der Waals surface area contributed by atoms with Gasteiger partial charge in [-0.2, -0.15) is 0 Å². The van der Waals surface area contributed by atoms with Gasteiger partial charge in [0.25, 0.3) is 0 Å². The molecular formula is C15H23N3. The normalized spacial score (nSPS) is 11.6. The largest absolute Gasteiger partial charge is 0.327 e. The highest BCUT2D eigenvalue weighted by Gasteiger charge is 2.07. The highest BCUT2D eigenvalue weighted by molar-refractivity contribution is 5.75. The number of hydrogen-bond acceptors (Lipinski definition) is 2. The number of para-hydroxylation sites is 2. The Labute approximate surface area is 109 Å². The number of imidazole rings is 1. The molecule has 0 saturated heterocycles. The van der Waals surface area contributed by atoms with E-state index < -0.39 is 0 Å². The Bertz CT molecular complexity index is 497. The Morgan fingerprint density at radius 3 is 2.67 bits per heavy atom. The number of nitrogens with one attached hydrogen (secondary N) is 1. The van der Waals surface area contributed by atoms with E-state index in [2.05, 4.69) is 53.8 Å². The predicted octanol–water partition coefficient (Wildman–Crippen LogP) is 3.12. The van der Waals surface area contributed by atoms with Gasteiger partial charge in [0.1, 0.15) is 5.82 Å². The summed E-state index contributed by atoms with van der Waals surface area (Å²) in [5.41, 5.74) is 2.33. The van der Waals surface area contributed by atoms with Crippen molar-refractivity contribution in [3.8, 4) is 0 Å². The summed E-state index contributed by atoms with van der Waals surface area (Å²) in [6.07, 6.45) is 2.39. The third kappa shape index (κ3) is 2.72. The number of fused-ring (bicyclic) bond motifs is 1. The predicted molar refractivity (Wildman–Crippen MR) is 76.8 cm³/mol. The molecule has 2 aromatic rings. The van der Waals surface area contributed by atoms with E-state index in [0.717, 1.165) is 24.4 Å². The van der Waals surface area contributed by atoms with Gasteiger partial charge >= 0.3 is 0 Å². The van der Waals surface area contributed by atoms with Crippen LogP contribution in [-0.2, 0) is 6.54 Å². The van der Waals surface area contributed by atoms with E-state index in [1.54, 1.807) is 0 Å². The van der Waals surface area contributed by atoms with Gasteiger partial charge < -0.3 is 9.88 Å². The lowest BCUT2D eigenvalue weighted by atomic mass is 10.2. The molecule has 3 heteroatoms. The molecule has 0 saturated carbocycles. The van der Waals surface area contributed by atoms with Crippen molar-refractivity contribution in [1.29, 1.82) is 0 Å². The molecule has 0 spiro atoms. The summed E-state index contributed by atoms with van der Waals surface area (Å²) in [4.78, 5) is 4.59. The van der Waals surface area contributed by atoms with Crippen molar-refractivity contribution in [3.63, 3.8) is 0 Å². The third-order valence-electron chi connectivity index (χ3n) is 3.60. The van der Waals surface area contributed by atoms with Crippen LogP contribution in [0.3, 0.4) is 0 Å². The number of rotatable bonds is 6. The van der Waals surface area contributed by atoms with Crippen molar-refractivity contribution < 1.29 is 0 Å². The van der Waals surface area contributed by atoms with Crippen LogP contribution in [0.1, 0.15) is 32.5 Å². The van der Waals surface area contributed by atoms with Crippen LogP contribution in [0.25, 0.3) is 11.0 Å². The van der Waals surface area contributed by atoms with Crippen LogP contribution in [0.2, 0.25) is 0 Å². The van der Waals surface area contributed by atoms with Gasteiger partial charge in [-0.3, -0.25) is 0 Å². The minimum atomic E-state index is 0.639. The van der Waals surface area contributed by atoms with Crippen molar-refractivity contribution in [1.82, 2.24) is 14.9 Å². The fraction of sp³-hybridized carbons (Fsp3) is 0.533. The van der Waals surface area contributed by atoms with Gasteiger partial charge in [-0.25, -0.2) is 4.98 Å². The van der Waals surface area contributed by atoms with Crippen LogP contribution in [-0.4, -0.2) is 22.1 Å². The maximum Gasteiger partial charge on any atom is 0.106 e. The highest BCUT2D eigenvalue weighted by Crippen LogP contribution is 2.14. The molecule has 98 valence electrons. The lowest BCUT2D eigenvalue weighted by Crippen LogP contribution is -2.30. The van der Waals surface area contributed by atoms with Crippen LogP contribution in [0.5, 0.6) is 0 Å². The molecule has 3 nitrogen and oxygen atoms in total. The minimum Gasteiger partial charge on any atom is -0.327 e. The van der Waals surface area contributed by atoms with Crippen molar-refractivity contribution in [2.75, 3.05) is 6.54 Å². The molecule has 0 aliphatic carbocycles. The van der Waals surface area contributed by atoms with Crippen LogP contribution in [0, 0.1) is 6.92 Å². The van der Waals surface area contributed by atoms with Crippen molar-refractivity contribution >= 4 is 11.0 Å². The average Bonchev–Trinajstić information content (AvgIpc) is 2.71. The van der Waals surface area contributed by atoms with Crippen LogP contribution < -0.4 is 5.32 Å². The Hall–Kier alpha value is -1.35. The summed E-state index contributed by atoms with van der Waals surface area (Å²) in [5.74, 6) is 1.10. The van der Waals surface area contributed by atoms with Crippen molar-refractivity contribution in [3.05, 3.63) is 30.1 Å². The number of aromatic nitrogens is 2. The van der Waals surface area contributed by atoms with Gasteiger partial charge in [-0.15, -0.1) is 0 Å². The zero-order valence-electron chi connectivity index (χ0n) is 11.6. The lowest BCUT2D eigenvalue weighted by Gasteiger charge is -2.15. The molecule has 18 heavy (non-hydrogen) atoms. The van der Waals surface area contributed by atoms with Gasteiger partial charge in [0.2, 0.25) is 0 Å². The molecule has 0 amide bonds. The fourth-order valence-corrected chi connectivity index (χ4v) is 2.44. The first-order valence-corrected chi connectivity index (χ1v) is 6.91. The van der Waals surface area contributed by atoms with E-state index in [-0.39, 0.29) is 0 Å². The van der Waals surface area contributed by atoms with Gasteiger partial charge in [-0.1, -0.05) is 26.0 Å². The Morgan fingerprint density at radius 2 is 1.94 bits per heavy atom. The van der Waals surface area contributed by atoms with Crippen molar-refractivity contribution in [2.45, 2.75) is 46.2 Å². The second kappa shape index (κ2) is 6.01. The summed E-state index contributed by atoms with van der Waals surface area (Å²) in [7, 11) is 0. The highest BCUT2D eigenvalue weighted by atomic mass is 15.1. The molecule has 0 fully saturated rings. The SMILES string of the molecule is CCC(CC)NCCn1c(C)nc2ccccc21. The van der Waals surface area contributed by atoms with Crippen molar-refractivity contribution in [2.24, 2.45) is 0 Å². The summed E-state index contributed by atoms with van der Waals surface area (Å²) >= 11 is 0. The molecule has 1 heterocycles. The number of benzene rings is 1. The van der Waals surface area contributed by atoms with Gasteiger partial charge in [0, 0.05) is 19.1 Å². The molecule has 0 radical (unpaired) electrons. The Morgan fingerprint density at radius 1 is 1.22 bits per heavy atom. The van der Waals surface area contributed by atoms with Gasteiger partial charge in [0.15, 0.2) is 0 Å². The number of nitrogens with zero attached hydrogens (tertiary/aromatic N) is 2. The van der Waals surface area contributed by atoms with Crippen LogP contribution >= 0.6 is 0 Å². The third-order valence-corrected chi connectivity index (χ3v) is 3.60. The minimum absolute atomic E-state index is 0.639. The lowest BCUT2D eigenvalue weighted by molar-refractivity contribution is 0.466. The molecule has 1 aromatic heterocycles. The summed E-state index contributed by atoms with van der Waals surface area (Å²) < 4.78 is 2.30. The first-order valence-electron chi connectivity index (χ1n) is 6.91. The van der Waals surface area contributed by atoms with E-state index in [4.69, 9.17) is 0 Å². The molecule has 0 unspecified atom stereocenters. The second-order valence-corrected chi connectivity index (χ2v) is 4.77. The van der Waals surface area contributed by atoms with Crippen LogP contribution in [0.15, 0.2) is 24.3 Å². The van der Waals surface area contributed by atoms with Gasteiger partial charge in [0.05, 0.1) is 11.0 Å². The maximum atomic E-state index is 4.59. The quantitative estimate of drug-likeness (QED) is 0.847. The Kier molecular flexibility index (Phi) is 4.37. The molecule has 0 atom stereocenters. The summed E-state index contributed by atoms with van der Waals surface area (Å²) in [6, 6.07) is 8.98. The molecule has 0 bridgehead atoms. The average molecular weight is 245 g/mol. The monoisotopic (exact) mass is 245 g/mol. The van der Waals surface area contributed by atoms with Gasteiger partial charge in [-0.05, 0) is 31.9 Å². The fourth-order valence-electron chi connectivity index (χ4n) is 2.44. The van der Waals surface area contributed by atoms with E-state index in [9.17, 15) is 0 Å². The number of aryl methyl sites for hydroxylation is 1. The van der Waals surface area contributed by atoms with Crippen LogP contribution in [0.4, 0.5) is 0 Å². The summed E-state index contributed by atoms with van der Waals surface area (Å²) in [5, 5.41) is 3.60. The molecular weight excluding hydrogens is 222 g/mol. The molecule has 0 aliphatic rings. The standard InChI is InChI=1S/C15H23N3/c1-4-13(5-2)16-10-11-18-12(3)17-14-8-6-7-9-15(14)18/h6-9,13,16H,4-5,10-11H2,1-3H3.